The third-order valence-electron chi connectivity index (χ3n) is 4.19. The van der Waals surface area contributed by atoms with Crippen molar-refractivity contribution in [3.63, 3.8) is 0 Å². The van der Waals surface area contributed by atoms with Gasteiger partial charge in [-0.05, 0) is 48.5 Å². The highest BCUT2D eigenvalue weighted by Crippen LogP contribution is 2.22. The maximum absolute atomic E-state index is 13.9. The number of para-hydroxylation sites is 1. The average molecular weight is 413 g/mol. The van der Waals surface area contributed by atoms with Gasteiger partial charge in [-0.15, -0.1) is 0 Å². The Balaban J connectivity index is 1.74. The Kier molecular flexibility index (Phi) is 6.46. The summed E-state index contributed by atoms with van der Waals surface area (Å²) >= 11 is 5.98. The lowest BCUT2D eigenvalue weighted by molar-refractivity contribution is -0.115. The summed E-state index contributed by atoms with van der Waals surface area (Å²) in [7, 11) is 1.56. The molecule has 3 aromatic rings. The van der Waals surface area contributed by atoms with Crippen molar-refractivity contribution in [2.45, 2.75) is 6.42 Å². The second-order valence-corrected chi connectivity index (χ2v) is 6.56. The summed E-state index contributed by atoms with van der Waals surface area (Å²) in [6.07, 6.45) is -0.250. The Hall–Kier alpha value is -3.38. The van der Waals surface area contributed by atoms with Crippen molar-refractivity contribution in [3.8, 4) is 5.75 Å². The van der Waals surface area contributed by atoms with E-state index in [1.807, 2.05) is 0 Å². The van der Waals surface area contributed by atoms with E-state index in [0.29, 0.717) is 17.1 Å². The van der Waals surface area contributed by atoms with E-state index in [4.69, 9.17) is 16.3 Å². The molecule has 3 rings (SSSR count). The third kappa shape index (κ3) is 5.12. The predicted molar refractivity (Wildman–Crippen MR) is 111 cm³/mol. The molecule has 0 atom stereocenters. The monoisotopic (exact) mass is 412 g/mol. The van der Waals surface area contributed by atoms with Crippen molar-refractivity contribution < 1.29 is 18.7 Å². The van der Waals surface area contributed by atoms with Crippen LogP contribution in [0.5, 0.6) is 5.75 Å². The molecule has 0 aliphatic carbocycles. The minimum Gasteiger partial charge on any atom is -0.497 e. The number of hydrogen-bond acceptors (Lipinski definition) is 3. The molecule has 0 unspecified atom stereocenters. The highest BCUT2D eigenvalue weighted by atomic mass is 35.5. The fourth-order valence-corrected chi connectivity index (χ4v) is 2.95. The molecule has 0 radical (unpaired) electrons. The molecule has 5 nitrogen and oxygen atoms in total. The summed E-state index contributed by atoms with van der Waals surface area (Å²) in [4.78, 5) is 25.1. The molecular weight excluding hydrogens is 395 g/mol. The van der Waals surface area contributed by atoms with E-state index in [1.165, 1.54) is 18.2 Å². The number of carbonyl (C=O) groups is 2. The fraction of sp³-hybridized carbons (Fsp3) is 0.0909. The van der Waals surface area contributed by atoms with Gasteiger partial charge >= 0.3 is 0 Å². The van der Waals surface area contributed by atoms with Crippen LogP contribution in [0.2, 0.25) is 5.02 Å². The molecule has 0 saturated carbocycles. The van der Waals surface area contributed by atoms with Crippen molar-refractivity contribution in [1.82, 2.24) is 0 Å². The Morgan fingerprint density at radius 2 is 1.69 bits per heavy atom. The molecule has 2 amide bonds. The van der Waals surface area contributed by atoms with Crippen LogP contribution in [0.1, 0.15) is 15.9 Å². The van der Waals surface area contributed by atoms with Gasteiger partial charge in [0.1, 0.15) is 11.6 Å². The minimum absolute atomic E-state index is 0.104. The molecule has 3 aromatic carbocycles. The quantitative estimate of drug-likeness (QED) is 0.603. The Bertz CT molecular complexity index is 1020. The van der Waals surface area contributed by atoms with Gasteiger partial charge in [0, 0.05) is 16.3 Å². The lowest BCUT2D eigenvalue weighted by atomic mass is 10.1. The number of rotatable bonds is 6. The molecule has 0 aliphatic heterocycles. The van der Waals surface area contributed by atoms with Crippen molar-refractivity contribution in [1.29, 1.82) is 0 Å². The number of methoxy groups -OCH3 is 1. The first-order valence-electron chi connectivity index (χ1n) is 8.75. The SMILES string of the molecule is COc1ccc(NC(=O)c2ccccc2NC(=O)Cc2c(F)cccc2Cl)cc1. The highest BCUT2D eigenvalue weighted by Gasteiger charge is 2.16. The molecule has 0 fully saturated rings. The third-order valence-corrected chi connectivity index (χ3v) is 4.55. The highest BCUT2D eigenvalue weighted by molar-refractivity contribution is 6.31. The van der Waals surface area contributed by atoms with E-state index < -0.39 is 17.6 Å². The van der Waals surface area contributed by atoms with E-state index in [0.717, 1.165) is 0 Å². The zero-order valence-electron chi connectivity index (χ0n) is 15.5. The van der Waals surface area contributed by atoms with Crippen LogP contribution in [-0.2, 0) is 11.2 Å². The normalized spacial score (nSPS) is 10.3. The Labute approximate surface area is 172 Å². The van der Waals surface area contributed by atoms with Gasteiger partial charge in [-0.3, -0.25) is 9.59 Å². The van der Waals surface area contributed by atoms with Crippen LogP contribution in [-0.4, -0.2) is 18.9 Å². The molecule has 148 valence electrons. The first-order chi connectivity index (χ1) is 14.0. The largest absolute Gasteiger partial charge is 0.497 e. The molecule has 0 spiro atoms. The van der Waals surface area contributed by atoms with Gasteiger partial charge in [0.15, 0.2) is 0 Å². The smallest absolute Gasteiger partial charge is 0.257 e. The molecule has 7 heteroatoms. The van der Waals surface area contributed by atoms with Crippen LogP contribution in [0, 0.1) is 5.82 Å². The lowest BCUT2D eigenvalue weighted by Gasteiger charge is -2.12. The first kappa shape index (κ1) is 20.4. The Morgan fingerprint density at radius 1 is 0.966 bits per heavy atom. The molecule has 2 N–H and O–H groups in total. The first-order valence-corrected chi connectivity index (χ1v) is 9.13. The van der Waals surface area contributed by atoms with Crippen LogP contribution in [0.25, 0.3) is 0 Å². The number of anilines is 2. The van der Waals surface area contributed by atoms with E-state index in [9.17, 15) is 14.0 Å². The van der Waals surface area contributed by atoms with Gasteiger partial charge in [-0.25, -0.2) is 4.39 Å². The molecule has 0 aromatic heterocycles. The van der Waals surface area contributed by atoms with Crippen LogP contribution < -0.4 is 15.4 Å². The van der Waals surface area contributed by atoms with Gasteiger partial charge in [0.25, 0.3) is 5.91 Å². The number of halogens is 2. The van der Waals surface area contributed by atoms with Crippen LogP contribution in [0.3, 0.4) is 0 Å². The summed E-state index contributed by atoms with van der Waals surface area (Å²) in [6.45, 7) is 0. The number of carbonyl (C=O) groups excluding carboxylic acids is 2. The molecule has 0 bridgehead atoms. The van der Waals surface area contributed by atoms with Gasteiger partial charge in [0.2, 0.25) is 5.91 Å². The topological polar surface area (TPSA) is 67.4 Å². The summed E-state index contributed by atoms with van der Waals surface area (Å²) in [5.74, 6) is -0.766. The van der Waals surface area contributed by atoms with Crippen molar-refractivity contribution in [2.75, 3.05) is 17.7 Å². The number of hydrogen-bond donors (Lipinski definition) is 2. The van der Waals surface area contributed by atoms with Crippen LogP contribution >= 0.6 is 11.6 Å². The van der Waals surface area contributed by atoms with Crippen LogP contribution in [0.15, 0.2) is 66.7 Å². The van der Waals surface area contributed by atoms with E-state index >= 15 is 0 Å². The van der Waals surface area contributed by atoms with E-state index in [1.54, 1.807) is 55.6 Å². The fourth-order valence-electron chi connectivity index (χ4n) is 2.72. The van der Waals surface area contributed by atoms with Gasteiger partial charge < -0.3 is 15.4 Å². The zero-order chi connectivity index (χ0) is 20.8. The van der Waals surface area contributed by atoms with Crippen LogP contribution in [0.4, 0.5) is 15.8 Å². The second-order valence-electron chi connectivity index (χ2n) is 6.15. The minimum atomic E-state index is -0.557. The summed E-state index contributed by atoms with van der Waals surface area (Å²) < 4.78 is 19.0. The molecule has 0 saturated heterocycles. The maximum atomic E-state index is 13.9. The maximum Gasteiger partial charge on any atom is 0.257 e. The number of amides is 2. The van der Waals surface area contributed by atoms with Gasteiger partial charge in [0.05, 0.1) is 24.8 Å². The summed E-state index contributed by atoms with van der Waals surface area (Å²) in [5.41, 5.74) is 1.27. The predicted octanol–water partition coefficient (Wildman–Crippen LogP) is 4.92. The van der Waals surface area contributed by atoms with Crippen molar-refractivity contribution in [2.24, 2.45) is 0 Å². The number of nitrogens with one attached hydrogen (secondary N) is 2. The summed E-state index contributed by atoms with van der Waals surface area (Å²) in [5, 5.41) is 5.59. The Morgan fingerprint density at radius 3 is 2.38 bits per heavy atom. The standard InChI is InChI=1S/C22H18ClFN2O3/c1-29-15-11-9-14(10-12-15)25-22(28)16-5-2-3-8-20(16)26-21(27)13-17-18(23)6-4-7-19(17)24/h2-12H,13H2,1H3,(H,25,28)(H,26,27). The van der Waals surface area contributed by atoms with E-state index in [-0.39, 0.29) is 22.6 Å². The summed E-state index contributed by atoms with van der Waals surface area (Å²) in [6, 6.07) is 17.7. The average Bonchev–Trinajstić information content (AvgIpc) is 2.72. The number of ether oxygens (including phenoxy) is 1. The van der Waals surface area contributed by atoms with E-state index in [2.05, 4.69) is 10.6 Å². The van der Waals surface area contributed by atoms with Gasteiger partial charge in [-0.2, -0.15) is 0 Å². The second kappa shape index (κ2) is 9.21. The molecule has 29 heavy (non-hydrogen) atoms. The zero-order valence-corrected chi connectivity index (χ0v) is 16.3. The van der Waals surface area contributed by atoms with Crippen molar-refractivity contribution >= 4 is 34.8 Å². The number of benzene rings is 3. The van der Waals surface area contributed by atoms with Crippen molar-refractivity contribution in [3.05, 3.63) is 88.7 Å². The molecule has 0 heterocycles. The lowest BCUT2D eigenvalue weighted by Crippen LogP contribution is -2.20. The van der Waals surface area contributed by atoms with Gasteiger partial charge in [-0.1, -0.05) is 29.8 Å². The molecular formula is C22H18ClFN2O3. The molecule has 0 aliphatic rings.